The number of amides is 1. The SMILES string of the molecule is COc1ccc(SCC(=O)Nc2ccc(S(=O)(=O)N3CCCC3)cc2)cc1. The molecule has 0 radical (unpaired) electrons. The predicted octanol–water partition coefficient (Wildman–Crippen LogP) is 3.21. The van der Waals surface area contributed by atoms with Gasteiger partial charge in [0, 0.05) is 23.7 Å². The van der Waals surface area contributed by atoms with Gasteiger partial charge in [-0.1, -0.05) is 0 Å². The molecule has 0 aromatic heterocycles. The fourth-order valence-electron chi connectivity index (χ4n) is 2.81. The summed E-state index contributed by atoms with van der Waals surface area (Å²) in [5, 5.41) is 2.79. The Kier molecular flexibility index (Phi) is 6.41. The van der Waals surface area contributed by atoms with Crippen LogP contribution >= 0.6 is 11.8 Å². The molecule has 0 unspecified atom stereocenters. The summed E-state index contributed by atoms with van der Waals surface area (Å²) in [6, 6.07) is 13.8. The first-order valence-electron chi connectivity index (χ1n) is 8.66. The summed E-state index contributed by atoms with van der Waals surface area (Å²) in [5.41, 5.74) is 0.579. The lowest BCUT2D eigenvalue weighted by Gasteiger charge is -2.15. The summed E-state index contributed by atoms with van der Waals surface area (Å²) < 4.78 is 31.6. The van der Waals surface area contributed by atoms with Crippen LogP contribution in [0.5, 0.6) is 5.75 Å². The number of nitrogens with one attached hydrogen (secondary N) is 1. The van der Waals surface area contributed by atoms with E-state index in [4.69, 9.17) is 4.74 Å². The number of ether oxygens (including phenoxy) is 1. The molecule has 2 aromatic carbocycles. The van der Waals surface area contributed by atoms with Crippen molar-refractivity contribution in [3.05, 3.63) is 48.5 Å². The Hall–Kier alpha value is -2.03. The Morgan fingerprint density at radius 1 is 1.07 bits per heavy atom. The minimum absolute atomic E-state index is 0.147. The van der Waals surface area contributed by atoms with E-state index in [1.165, 1.54) is 16.1 Å². The molecule has 0 bridgehead atoms. The predicted molar refractivity (Wildman–Crippen MR) is 107 cm³/mol. The summed E-state index contributed by atoms with van der Waals surface area (Å²) in [4.78, 5) is 13.3. The number of sulfonamides is 1. The number of hydrogen-bond acceptors (Lipinski definition) is 5. The van der Waals surface area contributed by atoms with Gasteiger partial charge in [-0.2, -0.15) is 4.31 Å². The van der Waals surface area contributed by atoms with Gasteiger partial charge in [-0.25, -0.2) is 8.42 Å². The molecule has 1 aliphatic rings. The van der Waals surface area contributed by atoms with Crippen molar-refractivity contribution in [1.82, 2.24) is 4.31 Å². The number of benzene rings is 2. The fourth-order valence-corrected chi connectivity index (χ4v) is 5.02. The smallest absolute Gasteiger partial charge is 0.243 e. The van der Waals surface area contributed by atoms with E-state index in [0.717, 1.165) is 23.5 Å². The summed E-state index contributed by atoms with van der Waals surface area (Å²) in [6.07, 6.45) is 1.80. The van der Waals surface area contributed by atoms with Crippen LogP contribution in [0.1, 0.15) is 12.8 Å². The number of thioether (sulfide) groups is 1. The van der Waals surface area contributed by atoms with Crippen molar-refractivity contribution in [3.8, 4) is 5.75 Å². The van der Waals surface area contributed by atoms with Gasteiger partial charge in [0.1, 0.15) is 5.75 Å². The van der Waals surface area contributed by atoms with Crippen LogP contribution in [0, 0.1) is 0 Å². The quantitative estimate of drug-likeness (QED) is 0.715. The fraction of sp³-hybridized carbons (Fsp3) is 0.316. The average molecular weight is 407 g/mol. The van der Waals surface area contributed by atoms with Crippen LogP contribution in [0.3, 0.4) is 0 Å². The number of rotatable bonds is 7. The first-order valence-corrected chi connectivity index (χ1v) is 11.1. The van der Waals surface area contributed by atoms with Crippen molar-refractivity contribution in [2.45, 2.75) is 22.6 Å². The van der Waals surface area contributed by atoms with E-state index in [1.54, 1.807) is 31.4 Å². The third-order valence-electron chi connectivity index (χ3n) is 4.27. The van der Waals surface area contributed by atoms with E-state index >= 15 is 0 Å². The van der Waals surface area contributed by atoms with Crippen LogP contribution in [0.15, 0.2) is 58.3 Å². The molecule has 2 aromatic rings. The van der Waals surface area contributed by atoms with Crippen LogP contribution in [-0.2, 0) is 14.8 Å². The highest BCUT2D eigenvalue weighted by molar-refractivity contribution is 8.00. The van der Waals surface area contributed by atoms with Crippen LogP contribution in [-0.4, -0.2) is 44.6 Å². The van der Waals surface area contributed by atoms with Crippen molar-refractivity contribution in [3.63, 3.8) is 0 Å². The van der Waals surface area contributed by atoms with Crippen LogP contribution < -0.4 is 10.1 Å². The number of carbonyl (C=O) groups is 1. The molecular formula is C19H22N2O4S2. The molecule has 1 heterocycles. The zero-order valence-electron chi connectivity index (χ0n) is 15.1. The van der Waals surface area contributed by atoms with Gasteiger partial charge >= 0.3 is 0 Å². The molecule has 1 saturated heterocycles. The molecular weight excluding hydrogens is 384 g/mol. The van der Waals surface area contributed by atoms with E-state index < -0.39 is 10.0 Å². The molecule has 144 valence electrons. The maximum atomic E-state index is 12.5. The molecule has 1 aliphatic heterocycles. The Labute approximate surface area is 164 Å². The molecule has 3 rings (SSSR count). The number of methoxy groups -OCH3 is 1. The average Bonchev–Trinajstić information content (AvgIpc) is 3.23. The third kappa shape index (κ3) is 5.03. The van der Waals surface area contributed by atoms with Gasteiger partial charge in [0.15, 0.2) is 0 Å². The standard InChI is InChI=1S/C19H22N2O4S2/c1-25-16-6-8-17(9-7-16)26-14-19(22)20-15-4-10-18(11-5-15)27(23,24)21-12-2-3-13-21/h4-11H,2-3,12-14H2,1H3,(H,20,22). The highest BCUT2D eigenvalue weighted by Gasteiger charge is 2.26. The number of hydrogen-bond donors (Lipinski definition) is 1. The first-order chi connectivity index (χ1) is 13.0. The normalized spacial score (nSPS) is 14.9. The largest absolute Gasteiger partial charge is 0.497 e. The Bertz CT molecular complexity index is 875. The van der Waals surface area contributed by atoms with Gasteiger partial charge < -0.3 is 10.1 Å². The number of nitrogens with zero attached hydrogens (tertiary/aromatic N) is 1. The lowest BCUT2D eigenvalue weighted by molar-refractivity contribution is -0.113. The molecule has 8 heteroatoms. The lowest BCUT2D eigenvalue weighted by Crippen LogP contribution is -2.27. The van der Waals surface area contributed by atoms with Crippen LogP contribution in [0.25, 0.3) is 0 Å². The molecule has 27 heavy (non-hydrogen) atoms. The molecule has 0 saturated carbocycles. The highest BCUT2D eigenvalue weighted by atomic mass is 32.2. The zero-order chi connectivity index (χ0) is 19.3. The van der Waals surface area contributed by atoms with Gasteiger partial charge in [0.25, 0.3) is 0 Å². The van der Waals surface area contributed by atoms with Crippen molar-refractivity contribution in [2.24, 2.45) is 0 Å². The summed E-state index contributed by atoms with van der Waals surface area (Å²) in [6.45, 7) is 1.15. The Balaban J connectivity index is 1.55. The van der Waals surface area contributed by atoms with E-state index in [0.29, 0.717) is 18.8 Å². The van der Waals surface area contributed by atoms with Gasteiger partial charge in [0.05, 0.1) is 17.8 Å². The molecule has 1 N–H and O–H groups in total. The van der Waals surface area contributed by atoms with Crippen molar-refractivity contribution >= 4 is 33.4 Å². The van der Waals surface area contributed by atoms with Gasteiger partial charge in [-0.05, 0) is 61.4 Å². The van der Waals surface area contributed by atoms with Crippen LogP contribution in [0.2, 0.25) is 0 Å². The maximum absolute atomic E-state index is 12.5. The maximum Gasteiger partial charge on any atom is 0.243 e. The van der Waals surface area contributed by atoms with Gasteiger partial charge in [-0.3, -0.25) is 4.79 Å². The molecule has 0 spiro atoms. The Morgan fingerprint density at radius 2 is 1.70 bits per heavy atom. The summed E-state index contributed by atoms with van der Waals surface area (Å²) in [7, 11) is -1.82. The monoisotopic (exact) mass is 406 g/mol. The highest BCUT2D eigenvalue weighted by Crippen LogP contribution is 2.23. The van der Waals surface area contributed by atoms with Gasteiger partial charge in [0.2, 0.25) is 15.9 Å². The molecule has 1 fully saturated rings. The van der Waals surface area contributed by atoms with Crippen molar-refractivity contribution in [1.29, 1.82) is 0 Å². The molecule has 0 atom stereocenters. The topological polar surface area (TPSA) is 75.7 Å². The summed E-state index contributed by atoms with van der Waals surface area (Å²) >= 11 is 1.42. The molecule has 1 amide bonds. The third-order valence-corrected chi connectivity index (χ3v) is 7.20. The number of carbonyl (C=O) groups excluding carboxylic acids is 1. The van der Waals surface area contributed by atoms with E-state index in [9.17, 15) is 13.2 Å². The van der Waals surface area contributed by atoms with E-state index in [1.807, 2.05) is 24.3 Å². The zero-order valence-corrected chi connectivity index (χ0v) is 16.7. The second kappa shape index (κ2) is 8.77. The van der Waals surface area contributed by atoms with Crippen LogP contribution in [0.4, 0.5) is 5.69 Å². The molecule has 0 aliphatic carbocycles. The lowest BCUT2D eigenvalue weighted by atomic mass is 10.3. The minimum Gasteiger partial charge on any atom is -0.497 e. The summed E-state index contributed by atoms with van der Waals surface area (Å²) in [5.74, 6) is 0.888. The van der Waals surface area contributed by atoms with Crippen molar-refractivity contribution in [2.75, 3.05) is 31.3 Å². The Morgan fingerprint density at radius 3 is 2.30 bits per heavy atom. The second-order valence-electron chi connectivity index (χ2n) is 6.15. The van der Waals surface area contributed by atoms with Crippen molar-refractivity contribution < 1.29 is 17.9 Å². The molecule has 6 nitrogen and oxygen atoms in total. The van der Waals surface area contributed by atoms with Gasteiger partial charge in [-0.15, -0.1) is 11.8 Å². The van der Waals surface area contributed by atoms with E-state index in [2.05, 4.69) is 5.32 Å². The minimum atomic E-state index is -3.43. The first kappa shape index (κ1) is 19.7. The van der Waals surface area contributed by atoms with E-state index in [-0.39, 0.29) is 16.6 Å². The number of anilines is 1. The second-order valence-corrected chi connectivity index (χ2v) is 9.13.